The van der Waals surface area contributed by atoms with Gasteiger partial charge in [0.15, 0.2) is 0 Å². The molecule has 0 aromatic heterocycles. The monoisotopic (exact) mass is 240 g/mol. The molecule has 1 rings (SSSR count). The van der Waals surface area contributed by atoms with Crippen molar-refractivity contribution in [1.82, 2.24) is 0 Å². The number of anilines is 2. The maximum atomic E-state index is 6.01. The van der Waals surface area contributed by atoms with E-state index < -0.39 is 0 Å². The third-order valence-corrected chi connectivity index (χ3v) is 2.72. The minimum absolute atomic E-state index is 0.436. The lowest BCUT2D eigenvalue weighted by Crippen LogP contribution is -2.34. The number of hydrogen-bond donors (Lipinski definition) is 1. The van der Waals surface area contributed by atoms with Crippen molar-refractivity contribution >= 4 is 23.0 Å². The van der Waals surface area contributed by atoms with Crippen LogP contribution in [0.1, 0.15) is 27.7 Å². The lowest BCUT2D eigenvalue weighted by Gasteiger charge is -2.31. The summed E-state index contributed by atoms with van der Waals surface area (Å²) in [6.45, 7) is 9.78. The zero-order valence-electron chi connectivity index (χ0n) is 10.5. The Morgan fingerprint density at radius 3 is 2.31 bits per heavy atom. The molecule has 0 saturated heterocycles. The van der Waals surface area contributed by atoms with Gasteiger partial charge in [0.2, 0.25) is 0 Å². The molecular formula is C13H21ClN2. The standard InChI is InChI=1S/C13H21ClN2/c1-9(2)8-16(10(3)4)13-6-5-11(14)7-12(13)15/h5-7,9-10H,8,15H2,1-4H3. The molecule has 2 nitrogen and oxygen atoms in total. The third-order valence-electron chi connectivity index (χ3n) is 2.48. The fourth-order valence-electron chi connectivity index (χ4n) is 1.77. The first-order chi connectivity index (χ1) is 7.41. The van der Waals surface area contributed by atoms with Gasteiger partial charge < -0.3 is 10.6 Å². The Labute approximate surface area is 103 Å². The van der Waals surface area contributed by atoms with Gasteiger partial charge in [0, 0.05) is 17.6 Å². The predicted molar refractivity (Wildman–Crippen MR) is 73.2 cm³/mol. The van der Waals surface area contributed by atoms with Gasteiger partial charge in [-0.3, -0.25) is 0 Å². The lowest BCUT2D eigenvalue weighted by atomic mass is 10.1. The molecule has 0 aliphatic rings. The van der Waals surface area contributed by atoms with Crippen molar-refractivity contribution in [3.05, 3.63) is 23.2 Å². The van der Waals surface area contributed by atoms with E-state index in [0.29, 0.717) is 17.0 Å². The minimum Gasteiger partial charge on any atom is -0.397 e. The molecule has 0 atom stereocenters. The van der Waals surface area contributed by atoms with E-state index in [2.05, 4.69) is 32.6 Å². The first-order valence-corrected chi connectivity index (χ1v) is 6.11. The number of benzene rings is 1. The molecule has 0 amide bonds. The first kappa shape index (κ1) is 13.2. The number of rotatable bonds is 4. The molecule has 0 bridgehead atoms. The minimum atomic E-state index is 0.436. The SMILES string of the molecule is CC(C)CN(c1ccc(Cl)cc1N)C(C)C. The summed E-state index contributed by atoms with van der Waals surface area (Å²) in [4.78, 5) is 2.32. The van der Waals surface area contributed by atoms with Gasteiger partial charge in [-0.15, -0.1) is 0 Å². The summed E-state index contributed by atoms with van der Waals surface area (Å²) in [7, 11) is 0. The third kappa shape index (κ3) is 3.31. The summed E-state index contributed by atoms with van der Waals surface area (Å²) in [5, 5.41) is 0.689. The van der Waals surface area contributed by atoms with Crippen LogP contribution in [0.3, 0.4) is 0 Å². The van der Waals surface area contributed by atoms with Crippen LogP contribution in [-0.2, 0) is 0 Å². The van der Waals surface area contributed by atoms with Crippen LogP contribution in [0.25, 0.3) is 0 Å². The fraction of sp³-hybridized carbons (Fsp3) is 0.538. The average Bonchev–Trinajstić information content (AvgIpc) is 2.14. The number of nitrogens with two attached hydrogens (primary N) is 1. The average molecular weight is 241 g/mol. The number of hydrogen-bond acceptors (Lipinski definition) is 2. The van der Waals surface area contributed by atoms with Gasteiger partial charge >= 0.3 is 0 Å². The Bertz CT molecular complexity index is 348. The predicted octanol–water partition coefficient (Wildman–Crippen LogP) is 3.79. The van der Waals surface area contributed by atoms with Gasteiger partial charge in [-0.2, -0.15) is 0 Å². The Kier molecular flexibility index (Phi) is 4.48. The number of halogens is 1. The molecule has 90 valence electrons. The van der Waals surface area contributed by atoms with Gasteiger partial charge in [-0.1, -0.05) is 25.4 Å². The summed E-state index contributed by atoms with van der Waals surface area (Å²) < 4.78 is 0. The Hall–Kier alpha value is -0.890. The van der Waals surface area contributed by atoms with Gasteiger partial charge in [-0.25, -0.2) is 0 Å². The molecule has 1 aromatic carbocycles. The topological polar surface area (TPSA) is 29.3 Å². The zero-order chi connectivity index (χ0) is 12.3. The van der Waals surface area contributed by atoms with Crippen molar-refractivity contribution < 1.29 is 0 Å². The Morgan fingerprint density at radius 2 is 1.88 bits per heavy atom. The quantitative estimate of drug-likeness (QED) is 0.812. The van der Waals surface area contributed by atoms with E-state index in [1.807, 2.05) is 18.2 Å². The van der Waals surface area contributed by atoms with E-state index >= 15 is 0 Å². The molecule has 0 fully saturated rings. The van der Waals surface area contributed by atoms with E-state index in [-0.39, 0.29) is 0 Å². The van der Waals surface area contributed by atoms with Gasteiger partial charge in [0.05, 0.1) is 11.4 Å². The van der Waals surface area contributed by atoms with Crippen molar-refractivity contribution in [2.24, 2.45) is 5.92 Å². The second-order valence-corrected chi connectivity index (χ2v) is 5.28. The molecule has 16 heavy (non-hydrogen) atoms. The van der Waals surface area contributed by atoms with Gasteiger partial charge in [0.25, 0.3) is 0 Å². The van der Waals surface area contributed by atoms with Crippen LogP contribution in [0, 0.1) is 5.92 Å². The molecule has 0 spiro atoms. The van der Waals surface area contributed by atoms with Crippen LogP contribution in [0.4, 0.5) is 11.4 Å². The van der Waals surface area contributed by atoms with E-state index in [4.69, 9.17) is 17.3 Å². The fourth-order valence-corrected chi connectivity index (χ4v) is 1.95. The second kappa shape index (κ2) is 5.44. The van der Waals surface area contributed by atoms with Crippen molar-refractivity contribution in [1.29, 1.82) is 0 Å². The van der Waals surface area contributed by atoms with E-state index in [9.17, 15) is 0 Å². The smallest absolute Gasteiger partial charge is 0.0603 e. The summed E-state index contributed by atoms with van der Waals surface area (Å²) in [6.07, 6.45) is 0. The molecule has 0 aliphatic carbocycles. The second-order valence-electron chi connectivity index (χ2n) is 4.84. The highest BCUT2D eigenvalue weighted by atomic mass is 35.5. The van der Waals surface area contributed by atoms with Crippen LogP contribution in [0.2, 0.25) is 5.02 Å². The summed E-state index contributed by atoms with van der Waals surface area (Å²) in [5.41, 5.74) is 7.84. The van der Waals surface area contributed by atoms with E-state index in [1.54, 1.807) is 0 Å². The van der Waals surface area contributed by atoms with Crippen molar-refractivity contribution in [2.45, 2.75) is 33.7 Å². The maximum Gasteiger partial charge on any atom is 0.0603 e. The zero-order valence-corrected chi connectivity index (χ0v) is 11.3. The van der Waals surface area contributed by atoms with Crippen LogP contribution < -0.4 is 10.6 Å². The summed E-state index contributed by atoms with van der Waals surface area (Å²) >= 11 is 5.91. The molecule has 0 unspecified atom stereocenters. The van der Waals surface area contributed by atoms with Gasteiger partial charge in [-0.05, 0) is 38.0 Å². The maximum absolute atomic E-state index is 6.01. The van der Waals surface area contributed by atoms with Crippen LogP contribution in [-0.4, -0.2) is 12.6 Å². The highest BCUT2D eigenvalue weighted by Crippen LogP contribution is 2.28. The Morgan fingerprint density at radius 1 is 1.25 bits per heavy atom. The molecule has 0 saturated carbocycles. The lowest BCUT2D eigenvalue weighted by molar-refractivity contribution is 0.571. The Balaban J connectivity index is 3.01. The first-order valence-electron chi connectivity index (χ1n) is 5.73. The summed E-state index contributed by atoms with van der Waals surface area (Å²) in [6, 6.07) is 6.14. The molecule has 0 heterocycles. The molecule has 3 heteroatoms. The highest BCUT2D eigenvalue weighted by Gasteiger charge is 2.14. The molecule has 0 radical (unpaired) electrons. The molecule has 0 aliphatic heterocycles. The highest BCUT2D eigenvalue weighted by molar-refractivity contribution is 6.31. The van der Waals surface area contributed by atoms with Gasteiger partial charge in [0.1, 0.15) is 0 Å². The van der Waals surface area contributed by atoms with Crippen molar-refractivity contribution in [2.75, 3.05) is 17.2 Å². The number of nitrogens with zero attached hydrogens (tertiary/aromatic N) is 1. The largest absolute Gasteiger partial charge is 0.397 e. The van der Waals surface area contributed by atoms with Crippen LogP contribution in [0.15, 0.2) is 18.2 Å². The molecule has 1 aromatic rings. The normalized spacial score (nSPS) is 11.2. The molecule has 2 N–H and O–H groups in total. The number of nitrogen functional groups attached to an aromatic ring is 1. The molecular weight excluding hydrogens is 220 g/mol. The van der Waals surface area contributed by atoms with Crippen molar-refractivity contribution in [3.63, 3.8) is 0 Å². The van der Waals surface area contributed by atoms with E-state index in [1.165, 1.54) is 0 Å². The van der Waals surface area contributed by atoms with Crippen LogP contribution in [0.5, 0.6) is 0 Å². The van der Waals surface area contributed by atoms with E-state index in [0.717, 1.165) is 17.9 Å². The van der Waals surface area contributed by atoms with Crippen LogP contribution >= 0.6 is 11.6 Å². The van der Waals surface area contributed by atoms with Crippen molar-refractivity contribution in [3.8, 4) is 0 Å². The summed E-state index contributed by atoms with van der Waals surface area (Å²) in [5.74, 6) is 0.609.